The summed E-state index contributed by atoms with van der Waals surface area (Å²) in [6, 6.07) is 20.8. The van der Waals surface area contributed by atoms with Crippen LogP contribution in [-0.4, -0.2) is 47.8 Å². The Morgan fingerprint density at radius 3 is 2.50 bits per heavy atom. The maximum absolute atomic E-state index is 13.8. The van der Waals surface area contributed by atoms with Gasteiger partial charge in [-0.05, 0) is 67.4 Å². The van der Waals surface area contributed by atoms with Gasteiger partial charge in [-0.1, -0.05) is 23.7 Å². The molecule has 1 aliphatic rings. The molecule has 36 heavy (non-hydrogen) atoms. The summed E-state index contributed by atoms with van der Waals surface area (Å²) >= 11 is 6.10. The quantitative estimate of drug-likeness (QED) is 0.390. The number of carbonyl (C=O) groups excluding carboxylic acids is 1. The van der Waals surface area contributed by atoms with E-state index in [1.807, 2.05) is 81.9 Å². The molecule has 0 atom stereocenters. The van der Waals surface area contributed by atoms with Crippen LogP contribution in [0.15, 0.2) is 77.7 Å². The normalized spacial score (nSPS) is 14.6. The second-order valence-corrected chi connectivity index (χ2v) is 9.58. The van der Waals surface area contributed by atoms with Gasteiger partial charge in [0.2, 0.25) is 0 Å². The van der Waals surface area contributed by atoms with Gasteiger partial charge in [-0.2, -0.15) is 5.10 Å². The lowest BCUT2D eigenvalue weighted by molar-refractivity contribution is 0.0685. The van der Waals surface area contributed by atoms with Crippen molar-refractivity contribution in [3.63, 3.8) is 0 Å². The summed E-state index contributed by atoms with van der Waals surface area (Å²) in [5.41, 5.74) is 4.55. The molecule has 2 aromatic carbocycles. The first-order valence-electron chi connectivity index (χ1n) is 12.0. The fourth-order valence-corrected chi connectivity index (χ4v) is 5.22. The second kappa shape index (κ2) is 8.87. The van der Waals surface area contributed by atoms with E-state index in [1.165, 1.54) is 0 Å². The number of para-hydroxylation sites is 2. The van der Waals surface area contributed by atoms with E-state index < -0.39 is 0 Å². The number of aromatic nitrogens is 5. The monoisotopic (exact) mass is 500 g/mol. The molecule has 0 bridgehead atoms. The Morgan fingerprint density at radius 1 is 1.03 bits per heavy atom. The van der Waals surface area contributed by atoms with Crippen molar-refractivity contribution in [2.24, 2.45) is 7.05 Å². The van der Waals surface area contributed by atoms with Gasteiger partial charge in [0.1, 0.15) is 11.4 Å². The van der Waals surface area contributed by atoms with E-state index in [0.29, 0.717) is 36.6 Å². The summed E-state index contributed by atoms with van der Waals surface area (Å²) in [6.45, 7) is 1.11. The zero-order chi connectivity index (χ0) is 24.8. The summed E-state index contributed by atoms with van der Waals surface area (Å²) < 4.78 is 5.51. The molecule has 3 aromatic heterocycles. The predicted octanol–water partition coefficient (Wildman–Crippen LogP) is 4.65. The number of hydrogen-bond acceptors (Lipinski definition) is 3. The highest BCUT2D eigenvalue weighted by molar-refractivity contribution is 6.30. The highest BCUT2D eigenvalue weighted by atomic mass is 35.5. The Hall–Kier alpha value is -4.04. The van der Waals surface area contributed by atoms with Crippen LogP contribution in [-0.2, 0) is 7.05 Å². The summed E-state index contributed by atoms with van der Waals surface area (Å²) in [6.07, 6.45) is 3.36. The van der Waals surface area contributed by atoms with Crippen LogP contribution in [0.1, 0.15) is 29.4 Å². The molecule has 0 aliphatic carbocycles. The van der Waals surface area contributed by atoms with Crippen molar-refractivity contribution < 1.29 is 4.79 Å². The molecule has 0 spiro atoms. The van der Waals surface area contributed by atoms with E-state index in [1.54, 1.807) is 16.8 Å². The van der Waals surface area contributed by atoms with Crippen molar-refractivity contribution >= 4 is 28.5 Å². The lowest BCUT2D eigenvalue weighted by Gasteiger charge is -2.32. The largest absolute Gasteiger partial charge is 0.349 e. The SMILES string of the molecule is Cn1cccc1-c1cc(C(=O)N2CCC(n3c(=O)[nH]c4ccccc43)CC2)n(-c2ccc(Cl)cc2)n1. The first kappa shape index (κ1) is 22.4. The van der Waals surface area contributed by atoms with Crippen LogP contribution in [0.5, 0.6) is 0 Å². The second-order valence-electron chi connectivity index (χ2n) is 9.15. The van der Waals surface area contributed by atoms with E-state index >= 15 is 0 Å². The zero-order valence-electron chi connectivity index (χ0n) is 19.8. The van der Waals surface area contributed by atoms with E-state index in [9.17, 15) is 9.59 Å². The number of amides is 1. The zero-order valence-corrected chi connectivity index (χ0v) is 20.5. The molecule has 1 amide bonds. The smallest absolute Gasteiger partial charge is 0.326 e. The first-order valence-corrected chi connectivity index (χ1v) is 12.3. The third-order valence-electron chi connectivity index (χ3n) is 6.95. The molecular formula is C27H25ClN6O2. The fourth-order valence-electron chi connectivity index (χ4n) is 5.09. The number of rotatable bonds is 4. The number of benzene rings is 2. The Balaban J connectivity index is 1.29. The molecule has 0 radical (unpaired) electrons. The number of aryl methyl sites for hydroxylation is 1. The molecule has 0 unspecified atom stereocenters. The van der Waals surface area contributed by atoms with Crippen molar-refractivity contribution in [2.75, 3.05) is 13.1 Å². The van der Waals surface area contributed by atoms with Crippen molar-refractivity contribution in [1.82, 2.24) is 28.8 Å². The summed E-state index contributed by atoms with van der Waals surface area (Å²) in [5, 5.41) is 5.41. The van der Waals surface area contributed by atoms with Gasteiger partial charge in [-0.25, -0.2) is 9.48 Å². The fraction of sp³-hybridized carbons (Fsp3) is 0.222. The highest BCUT2D eigenvalue weighted by Crippen LogP contribution is 2.28. The molecule has 182 valence electrons. The minimum Gasteiger partial charge on any atom is -0.349 e. The van der Waals surface area contributed by atoms with Gasteiger partial charge < -0.3 is 14.5 Å². The van der Waals surface area contributed by atoms with E-state index in [0.717, 1.165) is 28.1 Å². The van der Waals surface area contributed by atoms with Crippen molar-refractivity contribution in [1.29, 1.82) is 0 Å². The number of fused-ring (bicyclic) bond motifs is 1. The molecule has 4 heterocycles. The molecule has 1 N–H and O–H groups in total. The number of nitrogens with one attached hydrogen (secondary N) is 1. The van der Waals surface area contributed by atoms with Crippen LogP contribution in [0, 0.1) is 0 Å². The van der Waals surface area contributed by atoms with Crippen molar-refractivity contribution in [3.05, 3.63) is 94.1 Å². The van der Waals surface area contributed by atoms with Gasteiger partial charge in [0.15, 0.2) is 0 Å². The molecule has 0 saturated carbocycles. The Bertz CT molecular complexity index is 1620. The van der Waals surface area contributed by atoms with Crippen LogP contribution >= 0.6 is 11.6 Å². The first-order chi connectivity index (χ1) is 17.5. The number of imidazole rings is 1. The van der Waals surface area contributed by atoms with Crippen molar-refractivity contribution in [3.8, 4) is 17.1 Å². The summed E-state index contributed by atoms with van der Waals surface area (Å²) in [5.74, 6) is -0.0809. The maximum Gasteiger partial charge on any atom is 0.326 e. The minimum atomic E-state index is -0.103. The molecule has 5 aromatic rings. The number of aromatic amines is 1. The van der Waals surface area contributed by atoms with Crippen LogP contribution in [0.25, 0.3) is 28.1 Å². The van der Waals surface area contributed by atoms with E-state index in [-0.39, 0.29) is 17.6 Å². The Morgan fingerprint density at radius 2 is 1.78 bits per heavy atom. The molecule has 8 nitrogen and oxygen atoms in total. The van der Waals surface area contributed by atoms with Gasteiger partial charge in [0.25, 0.3) is 5.91 Å². The van der Waals surface area contributed by atoms with Crippen LogP contribution in [0.2, 0.25) is 5.02 Å². The summed E-state index contributed by atoms with van der Waals surface area (Å²) in [7, 11) is 1.95. The third kappa shape index (κ3) is 3.83. The molecule has 9 heteroatoms. The molecule has 6 rings (SSSR count). The average Bonchev–Trinajstić information content (AvgIpc) is 3.60. The number of nitrogens with zero attached hydrogens (tertiary/aromatic N) is 5. The van der Waals surface area contributed by atoms with Gasteiger partial charge in [0, 0.05) is 37.4 Å². The van der Waals surface area contributed by atoms with Gasteiger partial charge in [-0.15, -0.1) is 0 Å². The van der Waals surface area contributed by atoms with Crippen LogP contribution in [0.3, 0.4) is 0 Å². The lowest BCUT2D eigenvalue weighted by atomic mass is 10.0. The number of hydrogen-bond donors (Lipinski definition) is 1. The van der Waals surface area contributed by atoms with E-state index in [2.05, 4.69) is 4.98 Å². The number of H-pyrrole nitrogens is 1. The van der Waals surface area contributed by atoms with Crippen LogP contribution < -0.4 is 5.69 Å². The molecule has 1 saturated heterocycles. The van der Waals surface area contributed by atoms with E-state index in [4.69, 9.17) is 16.7 Å². The minimum absolute atomic E-state index is 0.0396. The standard InChI is InChI=1S/C27H25ClN6O2/c1-31-14-4-7-23(31)22-17-25(34(30-22)20-10-8-18(28)9-11-20)26(35)32-15-12-19(13-16-32)33-24-6-3-2-5-21(24)29-27(33)36/h2-11,14,17,19H,12-13,15-16H2,1H3,(H,29,36). The van der Waals surface area contributed by atoms with Crippen molar-refractivity contribution in [2.45, 2.75) is 18.9 Å². The molecule has 1 fully saturated rings. The number of likely N-dealkylation sites (tertiary alicyclic amines) is 1. The highest BCUT2D eigenvalue weighted by Gasteiger charge is 2.29. The number of halogens is 1. The Kier molecular flexibility index (Phi) is 5.53. The Labute approximate surface area is 212 Å². The lowest BCUT2D eigenvalue weighted by Crippen LogP contribution is -2.41. The third-order valence-corrected chi connectivity index (χ3v) is 7.20. The molecular weight excluding hydrogens is 476 g/mol. The number of carbonyl (C=O) groups is 1. The van der Waals surface area contributed by atoms with Crippen LogP contribution in [0.4, 0.5) is 0 Å². The maximum atomic E-state index is 13.8. The van der Waals surface area contributed by atoms with Gasteiger partial charge in [0.05, 0.1) is 22.4 Å². The average molecular weight is 501 g/mol. The van der Waals surface area contributed by atoms with Gasteiger partial charge >= 0.3 is 5.69 Å². The molecule has 1 aliphatic heterocycles. The summed E-state index contributed by atoms with van der Waals surface area (Å²) in [4.78, 5) is 31.2. The predicted molar refractivity (Wildman–Crippen MR) is 140 cm³/mol. The topological polar surface area (TPSA) is 80.9 Å². The van der Waals surface area contributed by atoms with Gasteiger partial charge in [-0.3, -0.25) is 9.36 Å². The number of piperidine rings is 1.